The summed E-state index contributed by atoms with van der Waals surface area (Å²) in [4.78, 5) is 15.9. The highest BCUT2D eigenvalue weighted by atomic mass is 16.6. The number of hydrogen-bond acceptors (Lipinski definition) is 5. The van der Waals surface area contributed by atoms with Crippen LogP contribution in [0.2, 0.25) is 0 Å². The molecule has 0 aliphatic carbocycles. The molecule has 1 aromatic heterocycles. The summed E-state index contributed by atoms with van der Waals surface area (Å²) in [5.74, 6) is 1.19. The van der Waals surface area contributed by atoms with Crippen LogP contribution in [0.3, 0.4) is 0 Å². The molecule has 1 aromatic carbocycles. The van der Waals surface area contributed by atoms with Crippen molar-refractivity contribution in [3.63, 3.8) is 0 Å². The molecule has 25 heavy (non-hydrogen) atoms. The Bertz CT molecular complexity index is 680. The fraction of sp³-hybridized carbons (Fsp3) is 0.421. The number of piperazine rings is 1. The lowest BCUT2D eigenvalue weighted by Gasteiger charge is -2.34. The maximum absolute atomic E-state index is 12.0. The Kier molecular flexibility index (Phi) is 5.48. The van der Waals surface area contributed by atoms with Gasteiger partial charge in [-0.05, 0) is 18.1 Å². The van der Waals surface area contributed by atoms with E-state index in [-0.39, 0.29) is 6.09 Å². The second-order valence-electron chi connectivity index (χ2n) is 6.59. The molecule has 1 saturated heterocycles. The molecule has 0 saturated carbocycles. The summed E-state index contributed by atoms with van der Waals surface area (Å²) in [7, 11) is 0. The summed E-state index contributed by atoms with van der Waals surface area (Å²) in [6.45, 7) is 7.27. The fourth-order valence-electron chi connectivity index (χ4n) is 2.70. The summed E-state index contributed by atoms with van der Waals surface area (Å²) in [6, 6.07) is 14.0. The summed E-state index contributed by atoms with van der Waals surface area (Å²) in [5, 5.41) is 8.68. The molecule has 0 radical (unpaired) electrons. The summed E-state index contributed by atoms with van der Waals surface area (Å²) in [5.41, 5.74) is 1.92. The van der Waals surface area contributed by atoms with E-state index in [1.165, 1.54) is 0 Å². The molecule has 1 fully saturated rings. The minimum atomic E-state index is -0.223. The van der Waals surface area contributed by atoms with Crippen LogP contribution in [-0.4, -0.2) is 54.0 Å². The number of carbonyl (C=O) groups excluding carboxylic acids is 1. The van der Waals surface area contributed by atoms with Gasteiger partial charge in [0.15, 0.2) is 5.82 Å². The zero-order chi connectivity index (χ0) is 17.6. The average molecular weight is 340 g/mol. The largest absolute Gasteiger partial charge is 0.449 e. The average Bonchev–Trinajstić information content (AvgIpc) is 2.67. The third-order valence-electron chi connectivity index (χ3n) is 4.12. The van der Waals surface area contributed by atoms with Gasteiger partial charge in [-0.15, -0.1) is 10.2 Å². The summed E-state index contributed by atoms with van der Waals surface area (Å²) < 4.78 is 5.29. The molecule has 6 nitrogen and oxygen atoms in total. The number of ether oxygens (including phenoxy) is 1. The van der Waals surface area contributed by atoms with Crippen LogP contribution in [0.1, 0.15) is 13.8 Å². The molecule has 132 valence electrons. The van der Waals surface area contributed by atoms with Gasteiger partial charge in [-0.2, -0.15) is 0 Å². The normalized spacial score (nSPS) is 14.7. The molecule has 2 aromatic rings. The molecule has 0 atom stereocenters. The first-order chi connectivity index (χ1) is 12.1. The number of hydrogen-bond donors (Lipinski definition) is 0. The van der Waals surface area contributed by atoms with Crippen molar-refractivity contribution in [2.75, 3.05) is 37.7 Å². The van der Waals surface area contributed by atoms with Crippen LogP contribution in [0.5, 0.6) is 0 Å². The number of benzene rings is 1. The standard InChI is InChI=1S/C19H24N4O2/c1-15(2)14-25-19(24)23-12-10-22(11-13-23)18-9-8-17(20-21-18)16-6-4-3-5-7-16/h3-9,15H,10-14H2,1-2H3. The molecular formula is C19H24N4O2. The van der Waals surface area contributed by atoms with Gasteiger partial charge in [0, 0.05) is 31.7 Å². The van der Waals surface area contributed by atoms with Crippen LogP contribution < -0.4 is 4.90 Å². The molecule has 1 aliphatic rings. The van der Waals surface area contributed by atoms with Gasteiger partial charge < -0.3 is 14.5 Å². The SMILES string of the molecule is CC(C)COC(=O)N1CCN(c2ccc(-c3ccccc3)nn2)CC1. The lowest BCUT2D eigenvalue weighted by molar-refractivity contribution is 0.0901. The molecule has 3 rings (SSSR count). The molecular weight excluding hydrogens is 316 g/mol. The first-order valence-electron chi connectivity index (χ1n) is 8.69. The van der Waals surface area contributed by atoms with Crippen LogP contribution in [0.25, 0.3) is 11.3 Å². The van der Waals surface area contributed by atoms with E-state index < -0.39 is 0 Å². The van der Waals surface area contributed by atoms with Gasteiger partial charge in [0.05, 0.1) is 12.3 Å². The van der Waals surface area contributed by atoms with Gasteiger partial charge in [0.2, 0.25) is 0 Å². The second-order valence-corrected chi connectivity index (χ2v) is 6.59. The smallest absolute Gasteiger partial charge is 0.409 e. The van der Waals surface area contributed by atoms with E-state index in [0.717, 1.165) is 30.2 Å². The van der Waals surface area contributed by atoms with Gasteiger partial charge >= 0.3 is 6.09 Å². The maximum atomic E-state index is 12.0. The number of amides is 1. The Hall–Kier alpha value is -2.63. The number of anilines is 1. The van der Waals surface area contributed by atoms with Crippen molar-refractivity contribution < 1.29 is 9.53 Å². The van der Waals surface area contributed by atoms with Crippen molar-refractivity contribution >= 4 is 11.9 Å². The van der Waals surface area contributed by atoms with E-state index in [4.69, 9.17) is 4.74 Å². The highest BCUT2D eigenvalue weighted by molar-refractivity contribution is 5.68. The number of carbonyl (C=O) groups is 1. The third-order valence-corrected chi connectivity index (χ3v) is 4.12. The Labute approximate surface area is 148 Å². The minimum Gasteiger partial charge on any atom is -0.449 e. The van der Waals surface area contributed by atoms with Crippen molar-refractivity contribution in [1.29, 1.82) is 0 Å². The predicted molar refractivity (Wildman–Crippen MR) is 97.4 cm³/mol. The molecule has 1 amide bonds. The van der Waals surface area contributed by atoms with Crippen molar-refractivity contribution in [3.05, 3.63) is 42.5 Å². The van der Waals surface area contributed by atoms with Gasteiger partial charge in [0.1, 0.15) is 0 Å². The van der Waals surface area contributed by atoms with Crippen LogP contribution >= 0.6 is 0 Å². The van der Waals surface area contributed by atoms with E-state index in [0.29, 0.717) is 25.6 Å². The quantitative estimate of drug-likeness (QED) is 0.856. The topological polar surface area (TPSA) is 58.6 Å². The van der Waals surface area contributed by atoms with E-state index in [1.807, 2.05) is 56.3 Å². The van der Waals surface area contributed by atoms with Crippen molar-refractivity contribution in [1.82, 2.24) is 15.1 Å². The molecule has 2 heterocycles. The maximum Gasteiger partial charge on any atom is 0.409 e. The third kappa shape index (κ3) is 4.47. The van der Waals surface area contributed by atoms with Crippen LogP contribution in [0, 0.1) is 5.92 Å². The van der Waals surface area contributed by atoms with Crippen molar-refractivity contribution in [2.24, 2.45) is 5.92 Å². The zero-order valence-electron chi connectivity index (χ0n) is 14.8. The first kappa shape index (κ1) is 17.2. The number of aromatic nitrogens is 2. The molecule has 0 N–H and O–H groups in total. The van der Waals surface area contributed by atoms with Gasteiger partial charge in [-0.25, -0.2) is 4.79 Å². The molecule has 0 unspecified atom stereocenters. The van der Waals surface area contributed by atoms with E-state index in [9.17, 15) is 4.79 Å². The van der Waals surface area contributed by atoms with Gasteiger partial charge in [0.25, 0.3) is 0 Å². The number of rotatable bonds is 4. The fourth-order valence-corrected chi connectivity index (χ4v) is 2.70. The van der Waals surface area contributed by atoms with Crippen molar-refractivity contribution in [3.8, 4) is 11.3 Å². The second kappa shape index (κ2) is 7.96. The molecule has 6 heteroatoms. The first-order valence-corrected chi connectivity index (χ1v) is 8.69. The monoisotopic (exact) mass is 340 g/mol. The summed E-state index contributed by atoms with van der Waals surface area (Å²) >= 11 is 0. The van der Waals surface area contributed by atoms with E-state index in [1.54, 1.807) is 4.90 Å². The highest BCUT2D eigenvalue weighted by Crippen LogP contribution is 2.19. The Morgan fingerprint density at radius 3 is 2.36 bits per heavy atom. The van der Waals surface area contributed by atoms with E-state index in [2.05, 4.69) is 15.1 Å². The summed E-state index contributed by atoms with van der Waals surface area (Å²) in [6.07, 6.45) is -0.223. The van der Waals surface area contributed by atoms with Crippen LogP contribution in [-0.2, 0) is 4.74 Å². The highest BCUT2D eigenvalue weighted by Gasteiger charge is 2.23. The van der Waals surface area contributed by atoms with Crippen LogP contribution in [0.4, 0.5) is 10.6 Å². The van der Waals surface area contributed by atoms with E-state index >= 15 is 0 Å². The van der Waals surface area contributed by atoms with Gasteiger partial charge in [-0.1, -0.05) is 44.2 Å². The molecule has 0 spiro atoms. The lowest BCUT2D eigenvalue weighted by atomic mass is 10.1. The number of nitrogens with zero attached hydrogens (tertiary/aromatic N) is 4. The van der Waals surface area contributed by atoms with Crippen LogP contribution in [0.15, 0.2) is 42.5 Å². The minimum absolute atomic E-state index is 0.223. The Morgan fingerprint density at radius 2 is 1.76 bits per heavy atom. The molecule has 0 bridgehead atoms. The lowest BCUT2D eigenvalue weighted by Crippen LogP contribution is -2.49. The molecule has 1 aliphatic heterocycles. The Morgan fingerprint density at radius 1 is 1.04 bits per heavy atom. The van der Waals surface area contributed by atoms with Crippen molar-refractivity contribution in [2.45, 2.75) is 13.8 Å². The Balaban J connectivity index is 1.55. The zero-order valence-corrected chi connectivity index (χ0v) is 14.8. The van der Waals surface area contributed by atoms with Gasteiger partial charge in [-0.3, -0.25) is 0 Å². The predicted octanol–water partition coefficient (Wildman–Crippen LogP) is 3.06.